The molecule has 144 valence electrons. The second-order valence-corrected chi connectivity index (χ2v) is 5.60. The molecular formula is C16H16ClN3O7. The van der Waals surface area contributed by atoms with Crippen molar-refractivity contribution in [2.24, 2.45) is 0 Å². The highest BCUT2D eigenvalue weighted by Crippen LogP contribution is 2.35. The number of carbonyl (C=O) groups excluding carboxylic acids is 2. The van der Waals surface area contributed by atoms with Gasteiger partial charge in [0.25, 0.3) is 5.69 Å². The Bertz CT molecular complexity index is 845. The molecule has 1 heterocycles. The molecule has 0 radical (unpaired) electrons. The van der Waals surface area contributed by atoms with Gasteiger partial charge in [-0.15, -0.1) is 0 Å². The van der Waals surface area contributed by atoms with Gasteiger partial charge < -0.3 is 14.6 Å². The van der Waals surface area contributed by atoms with E-state index in [2.05, 4.69) is 10.2 Å². The minimum absolute atomic E-state index is 0.0249. The SMILES string of the molecule is CCOC(=O)c1n[nH]c(C(=O)OCC)c1C(O)c1ccc(Cl)cc1[N+](=O)[O-]. The molecule has 0 amide bonds. The van der Waals surface area contributed by atoms with Crippen LogP contribution in [-0.4, -0.2) is 45.4 Å². The van der Waals surface area contributed by atoms with Gasteiger partial charge in [-0.2, -0.15) is 5.10 Å². The molecule has 0 aliphatic heterocycles. The quantitative estimate of drug-likeness (QED) is 0.411. The number of hydrogen-bond donors (Lipinski definition) is 2. The maximum Gasteiger partial charge on any atom is 0.359 e. The molecule has 2 rings (SSSR count). The number of nitrogens with zero attached hydrogens (tertiary/aromatic N) is 2. The number of carbonyl (C=O) groups is 2. The van der Waals surface area contributed by atoms with Crippen LogP contribution in [0.3, 0.4) is 0 Å². The molecule has 0 spiro atoms. The van der Waals surface area contributed by atoms with Crippen LogP contribution in [0.2, 0.25) is 5.02 Å². The molecule has 11 heteroatoms. The molecule has 1 unspecified atom stereocenters. The van der Waals surface area contributed by atoms with Crippen molar-refractivity contribution >= 4 is 29.2 Å². The predicted molar refractivity (Wildman–Crippen MR) is 92.7 cm³/mol. The second-order valence-electron chi connectivity index (χ2n) is 5.16. The number of nitrogens with one attached hydrogen (secondary N) is 1. The standard InChI is InChI=1S/C16H16ClN3O7/c1-3-26-15(22)12-11(13(19-18-12)16(23)27-4-2)14(21)9-6-5-8(17)7-10(9)20(24)25/h5-7,14,21H,3-4H2,1-2H3,(H,18,19). The number of nitro groups is 1. The minimum Gasteiger partial charge on any atom is -0.461 e. The van der Waals surface area contributed by atoms with Crippen LogP contribution >= 0.6 is 11.6 Å². The van der Waals surface area contributed by atoms with Gasteiger partial charge in [0.15, 0.2) is 11.4 Å². The zero-order chi connectivity index (χ0) is 20.1. The highest BCUT2D eigenvalue weighted by Gasteiger charge is 2.33. The molecular weight excluding hydrogens is 382 g/mol. The highest BCUT2D eigenvalue weighted by molar-refractivity contribution is 6.30. The highest BCUT2D eigenvalue weighted by atomic mass is 35.5. The first kappa shape index (κ1) is 20.3. The number of aliphatic hydroxyl groups excluding tert-OH is 1. The van der Waals surface area contributed by atoms with Crippen molar-refractivity contribution in [3.8, 4) is 0 Å². The lowest BCUT2D eigenvalue weighted by Crippen LogP contribution is -2.15. The number of rotatable bonds is 7. The summed E-state index contributed by atoms with van der Waals surface area (Å²) in [5.41, 5.74) is -1.63. The predicted octanol–water partition coefficient (Wildman–Crippen LogP) is 2.41. The smallest absolute Gasteiger partial charge is 0.359 e. The average Bonchev–Trinajstić information content (AvgIpc) is 3.06. The van der Waals surface area contributed by atoms with E-state index in [1.54, 1.807) is 13.8 Å². The van der Waals surface area contributed by atoms with Crippen LogP contribution in [0.1, 0.15) is 52.1 Å². The van der Waals surface area contributed by atoms with Gasteiger partial charge in [0.1, 0.15) is 6.10 Å². The fourth-order valence-electron chi connectivity index (χ4n) is 2.39. The van der Waals surface area contributed by atoms with E-state index in [0.29, 0.717) is 0 Å². The summed E-state index contributed by atoms with van der Waals surface area (Å²) < 4.78 is 9.74. The van der Waals surface area contributed by atoms with Crippen LogP contribution in [0.15, 0.2) is 18.2 Å². The summed E-state index contributed by atoms with van der Waals surface area (Å²) in [5.74, 6) is -1.79. The Balaban J connectivity index is 2.64. The van der Waals surface area contributed by atoms with Crippen LogP contribution in [-0.2, 0) is 9.47 Å². The molecule has 0 fully saturated rings. The number of aromatic amines is 1. The van der Waals surface area contributed by atoms with E-state index in [0.717, 1.165) is 6.07 Å². The minimum atomic E-state index is -1.74. The van der Waals surface area contributed by atoms with Crippen molar-refractivity contribution in [1.29, 1.82) is 0 Å². The first-order valence-corrected chi connectivity index (χ1v) is 8.23. The Morgan fingerprint density at radius 2 is 1.93 bits per heavy atom. The largest absolute Gasteiger partial charge is 0.461 e. The molecule has 2 N–H and O–H groups in total. The third kappa shape index (κ3) is 4.23. The molecule has 10 nitrogen and oxygen atoms in total. The molecule has 0 aliphatic carbocycles. The summed E-state index contributed by atoms with van der Waals surface area (Å²) in [4.78, 5) is 34.9. The van der Waals surface area contributed by atoms with Crippen molar-refractivity contribution in [3.63, 3.8) is 0 Å². The lowest BCUT2D eigenvalue weighted by atomic mass is 9.97. The zero-order valence-electron chi connectivity index (χ0n) is 14.4. The van der Waals surface area contributed by atoms with E-state index in [1.165, 1.54) is 12.1 Å². The number of aliphatic hydroxyl groups is 1. The Labute approximate surface area is 158 Å². The first-order chi connectivity index (χ1) is 12.8. The summed E-state index contributed by atoms with van der Waals surface area (Å²) >= 11 is 5.78. The fraction of sp³-hybridized carbons (Fsp3) is 0.312. The summed E-state index contributed by atoms with van der Waals surface area (Å²) in [7, 11) is 0. The Morgan fingerprint density at radius 1 is 1.30 bits per heavy atom. The summed E-state index contributed by atoms with van der Waals surface area (Å²) in [6.07, 6.45) is -1.74. The lowest BCUT2D eigenvalue weighted by molar-refractivity contribution is -0.386. The number of H-pyrrole nitrogens is 1. The van der Waals surface area contributed by atoms with Crippen LogP contribution in [0.4, 0.5) is 5.69 Å². The maximum atomic E-state index is 12.2. The molecule has 27 heavy (non-hydrogen) atoms. The van der Waals surface area contributed by atoms with Crippen LogP contribution in [0.25, 0.3) is 0 Å². The van der Waals surface area contributed by atoms with Crippen molar-refractivity contribution in [1.82, 2.24) is 10.2 Å². The van der Waals surface area contributed by atoms with Gasteiger partial charge in [-0.3, -0.25) is 15.2 Å². The molecule has 0 aliphatic rings. The zero-order valence-corrected chi connectivity index (χ0v) is 15.1. The first-order valence-electron chi connectivity index (χ1n) is 7.86. The number of aromatic nitrogens is 2. The maximum absolute atomic E-state index is 12.2. The van der Waals surface area contributed by atoms with Gasteiger partial charge in [-0.25, -0.2) is 9.59 Å². The summed E-state index contributed by atoms with van der Waals surface area (Å²) in [6.45, 7) is 3.19. The van der Waals surface area contributed by atoms with Crippen molar-refractivity contribution in [3.05, 3.63) is 55.9 Å². The molecule has 0 bridgehead atoms. The van der Waals surface area contributed by atoms with E-state index in [4.69, 9.17) is 21.1 Å². The number of esters is 2. The number of halogens is 1. The van der Waals surface area contributed by atoms with Gasteiger partial charge in [0.05, 0.1) is 29.3 Å². The number of ether oxygens (including phenoxy) is 2. The van der Waals surface area contributed by atoms with Gasteiger partial charge in [-0.1, -0.05) is 11.6 Å². The molecule has 0 saturated carbocycles. The van der Waals surface area contributed by atoms with Gasteiger partial charge in [0, 0.05) is 11.1 Å². The monoisotopic (exact) mass is 397 g/mol. The van der Waals surface area contributed by atoms with Crippen molar-refractivity contribution < 1.29 is 29.1 Å². The van der Waals surface area contributed by atoms with Crippen LogP contribution < -0.4 is 0 Å². The average molecular weight is 398 g/mol. The van der Waals surface area contributed by atoms with Crippen molar-refractivity contribution in [2.45, 2.75) is 20.0 Å². The fourth-order valence-corrected chi connectivity index (χ4v) is 2.56. The number of nitro benzene ring substituents is 1. The number of hydrogen-bond acceptors (Lipinski definition) is 8. The third-order valence-corrected chi connectivity index (χ3v) is 3.74. The lowest BCUT2D eigenvalue weighted by Gasteiger charge is -2.13. The van der Waals surface area contributed by atoms with Crippen LogP contribution in [0.5, 0.6) is 0 Å². The van der Waals surface area contributed by atoms with Gasteiger partial charge in [0.2, 0.25) is 0 Å². The molecule has 2 aromatic rings. The van der Waals surface area contributed by atoms with E-state index < -0.39 is 28.7 Å². The van der Waals surface area contributed by atoms with Gasteiger partial charge >= 0.3 is 11.9 Å². The summed E-state index contributed by atoms with van der Waals surface area (Å²) in [5, 5.41) is 28.2. The van der Waals surface area contributed by atoms with E-state index in [1.807, 2.05) is 0 Å². The molecule has 1 aromatic carbocycles. The Hall–Kier alpha value is -2.98. The normalized spacial score (nSPS) is 11.7. The van der Waals surface area contributed by atoms with Crippen molar-refractivity contribution in [2.75, 3.05) is 13.2 Å². The third-order valence-electron chi connectivity index (χ3n) is 3.51. The van der Waals surface area contributed by atoms with E-state index in [-0.39, 0.29) is 40.8 Å². The van der Waals surface area contributed by atoms with Crippen LogP contribution in [0, 0.1) is 10.1 Å². The number of benzene rings is 1. The Kier molecular flexibility index (Phi) is 6.48. The summed E-state index contributed by atoms with van der Waals surface area (Å²) in [6, 6.07) is 3.61. The van der Waals surface area contributed by atoms with E-state index in [9.17, 15) is 24.8 Å². The molecule has 1 aromatic heterocycles. The second kappa shape index (κ2) is 8.60. The molecule has 1 atom stereocenters. The van der Waals surface area contributed by atoms with Gasteiger partial charge in [-0.05, 0) is 26.0 Å². The Morgan fingerprint density at radius 3 is 2.52 bits per heavy atom. The topological polar surface area (TPSA) is 145 Å². The van der Waals surface area contributed by atoms with E-state index >= 15 is 0 Å². The molecule has 0 saturated heterocycles.